The number of aromatic nitrogens is 1. The molecule has 1 aromatic heterocycles. The van der Waals surface area contributed by atoms with E-state index in [1.165, 1.54) is 0 Å². The number of rotatable bonds is 2. The van der Waals surface area contributed by atoms with Gasteiger partial charge in [0.15, 0.2) is 0 Å². The topological polar surface area (TPSA) is 30.0 Å². The smallest absolute Gasteiger partial charge is 0.115 e. The Balaban J connectivity index is 3.17. The third-order valence-electron chi connectivity index (χ3n) is 2.76. The molecule has 0 aromatic carbocycles. The number of hydrogen-bond acceptors (Lipinski definition) is 2. The van der Waals surface area contributed by atoms with Gasteiger partial charge >= 0.3 is 0 Å². The summed E-state index contributed by atoms with van der Waals surface area (Å²) in [5.41, 5.74) is 1.46. The third-order valence-corrected chi connectivity index (χ3v) is 5.68. The summed E-state index contributed by atoms with van der Waals surface area (Å²) < 4.78 is 12.1. The minimum atomic E-state index is -2.21. The van der Waals surface area contributed by atoms with Crippen LogP contribution in [0.4, 0.5) is 0 Å². The molecule has 0 atom stereocenters. The van der Waals surface area contributed by atoms with Crippen LogP contribution in [0.15, 0.2) is 18.3 Å². The molecule has 0 saturated heterocycles. The standard InChI is InChI=1S/C10H15BNOP/c1-10(2,14(3,4)13)9-6-5-8(11)7-12-9/h5-7H,1-4H3. The Morgan fingerprint density at radius 2 is 1.93 bits per heavy atom. The van der Waals surface area contributed by atoms with E-state index in [-0.39, 0.29) is 5.16 Å². The maximum absolute atomic E-state index is 12.1. The molecule has 0 amide bonds. The molecule has 0 fully saturated rings. The van der Waals surface area contributed by atoms with Gasteiger partial charge in [-0.1, -0.05) is 11.5 Å². The van der Waals surface area contributed by atoms with E-state index in [0.29, 0.717) is 5.46 Å². The highest BCUT2D eigenvalue weighted by Gasteiger charge is 2.34. The fraction of sp³-hybridized carbons (Fsp3) is 0.500. The van der Waals surface area contributed by atoms with Crippen molar-refractivity contribution in [1.29, 1.82) is 0 Å². The molecular formula is C10H15BNOP. The van der Waals surface area contributed by atoms with Crippen LogP contribution in [0.2, 0.25) is 0 Å². The van der Waals surface area contributed by atoms with Crippen molar-refractivity contribution in [2.45, 2.75) is 19.0 Å². The Hall–Kier alpha value is -0.555. The second-order valence-electron chi connectivity index (χ2n) is 4.39. The van der Waals surface area contributed by atoms with Crippen molar-refractivity contribution < 1.29 is 4.57 Å². The molecule has 14 heavy (non-hydrogen) atoms. The van der Waals surface area contributed by atoms with Gasteiger partial charge in [0.2, 0.25) is 0 Å². The van der Waals surface area contributed by atoms with Gasteiger partial charge in [-0.15, -0.1) is 0 Å². The highest BCUT2D eigenvalue weighted by Crippen LogP contribution is 2.56. The van der Waals surface area contributed by atoms with Crippen LogP contribution in [0.5, 0.6) is 0 Å². The maximum atomic E-state index is 12.1. The molecule has 74 valence electrons. The average molecular weight is 207 g/mol. The molecular weight excluding hydrogens is 192 g/mol. The Kier molecular flexibility index (Phi) is 2.92. The van der Waals surface area contributed by atoms with Crippen LogP contribution in [0.1, 0.15) is 19.5 Å². The van der Waals surface area contributed by atoms with Gasteiger partial charge in [-0.05, 0) is 33.2 Å². The molecule has 0 spiro atoms. The van der Waals surface area contributed by atoms with Gasteiger partial charge in [0.25, 0.3) is 0 Å². The van der Waals surface area contributed by atoms with Crippen LogP contribution in [0, 0.1) is 0 Å². The first-order chi connectivity index (χ1) is 6.25. The van der Waals surface area contributed by atoms with Crippen molar-refractivity contribution in [3.05, 3.63) is 24.0 Å². The summed E-state index contributed by atoms with van der Waals surface area (Å²) in [6.07, 6.45) is 1.60. The van der Waals surface area contributed by atoms with Crippen LogP contribution in [0.3, 0.4) is 0 Å². The first kappa shape index (κ1) is 11.5. The molecule has 0 aliphatic rings. The third kappa shape index (κ3) is 2.09. The predicted molar refractivity (Wildman–Crippen MR) is 62.1 cm³/mol. The molecule has 2 nitrogen and oxygen atoms in total. The van der Waals surface area contributed by atoms with E-state index in [1.54, 1.807) is 25.6 Å². The lowest BCUT2D eigenvalue weighted by Gasteiger charge is -2.28. The lowest BCUT2D eigenvalue weighted by molar-refractivity contribution is 0.550. The molecule has 1 aromatic rings. The second kappa shape index (κ2) is 3.54. The zero-order valence-corrected chi connectivity index (χ0v) is 10.0. The Morgan fingerprint density at radius 3 is 2.29 bits per heavy atom. The summed E-state index contributed by atoms with van der Waals surface area (Å²) in [6.45, 7) is 7.47. The van der Waals surface area contributed by atoms with Gasteiger partial charge in [-0.2, -0.15) is 0 Å². The summed E-state index contributed by atoms with van der Waals surface area (Å²) in [6, 6.07) is 3.63. The fourth-order valence-electron chi connectivity index (χ4n) is 1.04. The summed E-state index contributed by atoms with van der Waals surface area (Å²) >= 11 is 0. The molecule has 0 N–H and O–H groups in total. The van der Waals surface area contributed by atoms with E-state index < -0.39 is 7.14 Å². The molecule has 0 aliphatic heterocycles. The van der Waals surface area contributed by atoms with Gasteiger partial charge in [-0.3, -0.25) is 4.98 Å². The van der Waals surface area contributed by atoms with Crippen LogP contribution < -0.4 is 5.46 Å². The SMILES string of the molecule is [B]c1ccc(C(C)(C)P(C)(C)=O)nc1. The lowest BCUT2D eigenvalue weighted by atomic mass is 9.97. The Labute approximate surface area is 86.9 Å². The molecule has 1 rings (SSSR count). The Bertz CT molecular complexity index is 366. The summed E-state index contributed by atoms with van der Waals surface area (Å²) in [4.78, 5) is 4.22. The lowest BCUT2D eigenvalue weighted by Crippen LogP contribution is -2.19. The summed E-state index contributed by atoms with van der Waals surface area (Å²) in [5.74, 6) is 0. The molecule has 1 heterocycles. The fourth-order valence-corrected chi connectivity index (χ4v) is 1.73. The predicted octanol–water partition coefficient (Wildman–Crippen LogP) is 1.73. The van der Waals surface area contributed by atoms with Gasteiger partial charge in [0.05, 0.1) is 18.0 Å². The monoisotopic (exact) mass is 207 g/mol. The number of pyridine rings is 1. The van der Waals surface area contributed by atoms with Crippen molar-refractivity contribution in [3.8, 4) is 0 Å². The minimum absolute atomic E-state index is 0.388. The molecule has 4 heteroatoms. The van der Waals surface area contributed by atoms with E-state index in [1.807, 2.05) is 19.9 Å². The largest absolute Gasteiger partial charge is 0.323 e. The van der Waals surface area contributed by atoms with Gasteiger partial charge in [0.1, 0.15) is 7.85 Å². The molecule has 0 aliphatic carbocycles. The maximum Gasteiger partial charge on any atom is 0.115 e. The Morgan fingerprint density at radius 1 is 1.36 bits per heavy atom. The second-order valence-corrected chi connectivity index (χ2v) is 8.21. The van der Waals surface area contributed by atoms with Crippen molar-refractivity contribution in [1.82, 2.24) is 4.98 Å². The van der Waals surface area contributed by atoms with Gasteiger partial charge < -0.3 is 4.57 Å². The minimum Gasteiger partial charge on any atom is -0.323 e. The highest BCUT2D eigenvalue weighted by atomic mass is 31.2. The van der Waals surface area contributed by atoms with E-state index in [0.717, 1.165) is 5.69 Å². The van der Waals surface area contributed by atoms with Crippen LogP contribution in [-0.2, 0) is 9.72 Å². The highest BCUT2D eigenvalue weighted by molar-refractivity contribution is 7.63. The molecule has 0 unspecified atom stereocenters. The van der Waals surface area contributed by atoms with Crippen molar-refractivity contribution in [2.75, 3.05) is 13.3 Å². The van der Waals surface area contributed by atoms with Crippen LogP contribution in [-0.4, -0.2) is 26.2 Å². The van der Waals surface area contributed by atoms with Crippen molar-refractivity contribution >= 4 is 20.5 Å². The van der Waals surface area contributed by atoms with E-state index in [4.69, 9.17) is 7.85 Å². The molecule has 2 radical (unpaired) electrons. The van der Waals surface area contributed by atoms with Crippen molar-refractivity contribution in [2.24, 2.45) is 0 Å². The number of hydrogen-bond donors (Lipinski definition) is 0. The van der Waals surface area contributed by atoms with Crippen molar-refractivity contribution in [3.63, 3.8) is 0 Å². The zero-order chi connectivity index (χ0) is 11.0. The quantitative estimate of drug-likeness (QED) is 0.546. The van der Waals surface area contributed by atoms with Gasteiger partial charge in [0, 0.05) is 6.20 Å². The molecule has 0 saturated carbocycles. The van der Waals surface area contributed by atoms with Crippen LogP contribution >= 0.6 is 7.14 Å². The number of nitrogens with zero attached hydrogens (tertiary/aromatic N) is 1. The van der Waals surface area contributed by atoms with E-state index >= 15 is 0 Å². The first-order valence-corrected chi connectivity index (χ1v) is 7.12. The first-order valence-electron chi connectivity index (χ1n) is 4.52. The van der Waals surface area contributed by atoms with E-state index in [2.05, 4.69) is 4.98 Å². The average Bonchev–Trinajstić information content (AvgIpc) is 2.03. The summed E-state index contributed by atoms with van der Waals surface area (Å²) in [5, 5.41) is -0.388. The van der Waals surface area contributed by atoms with E-state index in [9.17, 15) is 4.57 Å². The summed E-state index contributed by atoms with van der Waals surface area (Å²) in [7, 11) is 3.34. The molecule has 0 bridgehead atoms. The zero-order valence-electron chi connectivity index (χ0n) is 9.11. The van der Waals surface area contributed by atoms with Gasteiger partial charge in [-0.25, -0.2) is 0 Å². The normalized spacial score (nSPS) is 12.9. The van der Waals surface area contributed by atoms with Crippen LogP contribution in [0.25, 0.3) is 0 Å².